The fraction of sp³-hybridized carbons (Fsp3) is 0.190. The number of benzene rings is 2. The zero-order valence-electron chi connectivity index (χ0n) is 15.0. The molecule has 0 bridgehead atoms. The number of fused-ring (bicyclic) bond motifs is 5. The molecule has 2 unspecified atom stereocenters. The highest BCUT2D eigenvalue weighted by Crippen LogP contribution is 2.49. The van der Waals surface area contributed by atoms with Crippen LogP contribution in [0, 0.1) is 11.8 Å². The Kier molecular flexibility index (Phi) is 3.17. The number of hydrogen-bond acceptors (Lipinski definition) is 3. The summed E-state index contributed by atoms with van der Waals surface area (Å²) in [4.78, 5) is 0. The van der Waals surface area contributed by atoms with Crippen molar-refractivity contribution in [1.82, 2.24) is 25.2 Å². The number of H-pyrrole nitrogens is 1. The van der Waals surface area contributed by atoms with Crippen molar-refractivity contribution in [2.75, 3.05) is 0 Å². The van der Waals surface area contributed by atoms with Crippen LogP contribution in [-0.2, 0) is 6.54 Å². The van der Waals surface area contributed by atoms with Crippen LogP contribution in [0.1, 0.15) is 5.56 Å². The molecule has 1 aliphatic heterocycles. The van der Waals surface area contributed by atoms with E-state index >= 15 is 0 Å². The Bertz CT molecular complexity index is 1330. The van der Waals surface area contributed by atoms with Crippen LogP contribution in [-0.4, -0.2) is 31.4 Å². The van der Waals surface area contributed by atoms with Gasteiger partial charge in [0.1, 0.15) is 0 Å². The molecule has 2 aromatic heterocycles. The van der Waals surface area contributed by atoms with Gasteiger partial charge in [-0.25, -0.2) is 0 Å². The lowest BCUT2D eigenvalue weighted by Crippen LogP contribution is -2.35. The van der Waals surface area contributed by atoms with Gasteiger partial charge in [-0.3, -0.25) is 0 Å². The standard InChI is InChI=1S/C21H14F3N5/c22-21(23,24)17-6-2-3-12-13-4-1-5-14-15-9-11(20-25-27-28-26-20)7-8-18(15)29(19(13)14)10-16(12)17/h1-9,16-17H,10H2,(H,25,26,27,28). The third-order valence-electron chi connectivity index (χ3n) is 5.98. The molecule has 0 saturated heterocycles. The van der Waals surface area contributed by atoms with E-state index in [4.69, 9.17) is 0 Å². The maximum atomic E-state index is 13.7. The maximum absolute atomic E-state index is 13.7. The number of tetrazole rings is 1. The van der Waals surface area contributed by atoms with E-state index in [1.165, 1.54) is 12.2 Å². The number of alkyl halides is 3. The van der Waals surface area contributed by atoms with Crippen LogP contribution in [0.4, 0.5) is 13.2 Å². The number of halogens is 3. The molecule has 2 aromatic carbocycles. The highest BCUT2D eigenvalue weighted by atomic mass is 19.4. The Morgan fingerprint density at radius 1 is 1.10 bits per heavy atom. The Hall–Kier alpha value is -3.42. The average Bonchev–Trinajstić information content (AvgIpc) is 3.35. The molecular weight excluding hydrogens is 379 g/mol. The van der Waals surface area contributed by atoms with Gasteiger partial charge in [0.2, 0.25) is 5.82 Å². The third-order valence-corrected chi connectivity index (χ3v) is 5.98. The minimum absolute atomic E-state index is 0.291. The second kappa shape index (κ2) is 5.56. The number of nitrogens with zero attached hydrogens (tertiary/aromatic N) is 4. The summed E-state index contributed by atoms with van der Waals surface area (Å²) in [5, 5.41) is 16.1. The van der Waals surface area contributed by atoms with Crippen molar-refractivity contribution in [3.8, 4) is 11.4 Å². The molecule has 2 atom stereocenters. The van der Waals surface area contributed by atoms with Crippen molar-refractivity contribution in [1.29, 1.82) is 0 Å². The average molecular weight is 393 g/mol. The molecule has 0 saturated carbocycles. The maximum Gasteiger partial charge on any atom is 0.395 e. The number of rotatable bonds is 1. The van der Waals surface area contributed by atoms with Gasteiger partial charge in [-0.2, -0.15) is 18.4 Å². The molecule has 0 spiro atoms. The zero-order chi connectivity index (χ0) is 19.8. The lowest BCUT2D eigenvalue weighted by molar-refractivity contribution is -0.170. The van der Waals surface area contributed by atoms with E-state index in [2.05, 4.69) is 20.6 Å². The van der Waals surface area contributed by atoms with Gasteiger partial charge in [-0.1, -0.05) is 36.4 Å². The van der Waals surface area contributed by atoms with Crippen LogP contribution in [0.3, 0.4) is 0 Å². The third kappa shape index (κ3) is 2.25. The van der Waals surface area contributed by atoms with Gasteiger partial charge < -0.3 is 4.57 Å². The highest BCUT2D eigenvalue weighted by Gasteiger charge is 2.47. The van der Waals surface area contributed by atoms with Crippen LogP contribution in [0.2, 0.25) is 0 Å². The van der Waals surface area contributed by atoms with Crippen molar-refractivity contribution < 1.29 is 13.2 Å². The molecule has 0 fully saturated rings. The number of aromatic amines is 1. The van der Waals surface area contributed by atoms with Crippen molar-refractivity contribution in [2.45, 2.75) is 12.7 Å². The monoisotopic (exact) mass is 393 g/mol. The normalized spacial score (nSPS) is 20.9. The second-order valence-corrected chi connectivity index (χ2v) is 7.46. The molecular formula is C21H14F3N5. The Morgan fingerprint density at radius 3 is 2.79 bits per heavy atom. The zero-order valence-corrected chi connectivity index (χ0v) is 15.0. The number of aromatic nitrogens is 5. The molecule has 1 aliphatic carbocycles. The van der Waals surface area contributed by atoms with E-state index in [9.17, 15) is 13.2 Å². The van der Waals surface area contributed by atoms with Gasteiger partial charge in [0, 0.05) is 39.9 Å². The van der Waals surface area contributed by atoms with E-state index in [0.717, 1.165) is 38.5 Å². The molecule has 0 radical (unpaired) electrons. The molecule has 3 heterocycles. The Balaban J connectivity index is 1.62. The summed E-state index contributed by atoms with van der Waals surface area (Å²) in [7, 11) is 0. The first-order valence-electron chi connectivity index (χ1n) is 9.26. The summed E-state index contributed by atoms with van der Waals surface area (Å²) >= 11 is 0. The molecule has 144 valence electrons. The summed E-state index contributed by atoms with van der Waals surface area (Å²) in [6.45, 7) is 0.291. The van der Waals surface area contributed by atoms with Crippen molar-refractivity contribution in [3.63, 3.8) is 0 Å². The number of nitrogens with one attached hydrogen (secondary N) is 1. The first kappa shape index (κ1) is 16.5. The molecule has 2 aliphatic rings. The van der Waals surface area contributed by atoms with Gasteiger partial charge in [0.15, 0.2) is 0 Å². The molecule has 1 N–H and O–H groups in total. The summed E-state index contributed by atoms with van der Waals surface area (Å²) in [6.07, 6.45) is 0.364. The summed E-state index contributed by atoms with van der Waals surface area (Å²) in [5.41, 5.74) is 4.32. The first-order valence-corrected chi connectivity index (χ1v) is 9.26. The molecule has 4 aromatic rings. The van der Waals surface area contributed by atoms with E-state index in [-0.39, 0.29) is 0 Å². The molecule has 8 heteroatoms. The Morgan fingerprint density at radius 2 is 2.00 bits per heavy atom. The summed E-state index contributed by atoms with van der Waals surface area (Å²) in [6, 6.07) is 11.6. The van der Waals surface area contributed by atoms with Crippen molar-refractivity contribution >= 4 is 27.4 Å². The van der Waals surface area contributed by atoms with Gasteiger partial charge >= 0.3 is 6.18 Å². The van der Waals surface area contributed by atoms with Crippen LogP contribution in [0.25, 0.3) is 38.8 Å². The molecule has 6 rings (SSSR count). The quantitative estimate of drug-likeness (QED) is 0.508. The number of allylic oxidation sites excluding steroid dienone is 4. The van der Waals surface area contributed by atoms with Crippen LogP contribution >= 0.6 is 0 Å². The second-order valence-electron chi connectivity index (χ2n) is 7.46. The van der Waals surface area contributed by atoms with Gasteiger partial charge in [0.05, 0.1) is 11.4 Å². The lowest BCUT2D eigenvalue weighted by Gasteiger charge is -2.35. The fourth-order valence-corrected chi connectivity index (χ4v) is 4.77. The number of para-hydroxylation sites is 1. The SMILES string of the molecule is FC(F)(F)C1C=CC=C2c3cccc4c5cc(-c6nn[nH]n6)ccc5n(c34)CC21. The van der Waals surface area contributed by atoms with Crippen LogP contribution in [0.5, 0.6) is 0 Å². The van der Waals surface area contributed by atoms with E-state index in [1.54, 1.807) is 0 Å². The van der Waals surface area contributed by atoms with Crippen molar-refractivity contribution in [3.05, 3.63) is 60.2 Å². The van der Waals surface area contributed by atoms with E-state index in [1.807, 2.05) is 47.0 Å². The molecule has 5 nitrogen and oxygen atoms in total. The van der Waals surface area contributed by atoms with E-state index < -0.39 is 18.0 Å². The summed E-state index contributed by atoms with van der Waals surface area (Å²) in [5.74, 6) is -1.64. The fourth-order valence-electron chi connectivity index (χ4n) is 4.77. The number of hydrogen-bond donors (Lipinski definition) is 1. The summed E-state index contributed by atoms with van der Waals surface area (Å²) < 4.78 is 43.2. The molecule has 29 heavy (non-hydrogen) atoms. The van der Waals surface area contributed by atoms with Gasteiger partial charge in [-0.05, 0) is 29.0 Å². The first-order chi connectivity index (χ1) is 14.0. The minimum Gasteiger partial charge on any atom is -0.339 e. The highest BCUT2D eigenvalue weighted by molar-refractivity contribution is 6.13. The van der Waals surface area contributed by atoms with Crippen LogP contribution < -0.4 is 0 Å². The van der Waals surface area contributed by atoms with E-state index in [0.29, 0.717) is 12.4 Å². The Labute approximate surface area is 162 Å². The van der Waals surface area contributed by atoms with Gasteiger partial charge in [-0.15, -0.1) is 10.2 Å². The largest absolute Gasteiger partial charge is 0.395 e. The molecule has 0 amide bonds. The van der Waals surface area contributed by atoms with Crippen LogP contribution in [0.15, 0.2) is 54.6 Å². The smallest absolute Gasteiger partial charge is 0.339 e. The minimum atomic E-state index is -4.28. The van der Waals surface area contributed by atoms with Gasteiger partial charge in [0.25, 0.3) is 0 Å². The lowest BCUT2D eigenvalue weighted by atomic mass is 9.76. The predicted octanol–water partition coefficient (Wildman–Crippen LogP) is 4.74. The van der Waals surface area contributed by atoms with Crippen molar-refractivity contribution in [2.24, 2.45) is 11.8 Å². The topological polar surface area (TPSA) is 59.4 Å². The predicted molar refractivity (Wildman–Crippen MR) is 103 cm³/mol.